The summed E-state index contributed by atoms with van der Waals surface area (Å²) in [6.07, 6.45) is 9.02. The van der Waals surface area contributed by atoms with E-state index in [0.717, 1.165) is 6.42 Å². The molecule has 0 aliphatic heterocycles. The van der Waals surface area contributed by atoms with Crippen molar-refractivity contribution in [1.29, 1.82) is 0 Å². The molecule has 0 heteroatoms. The van der Waals surface area contributed by atoms with E-state index in [1.54, 1.807) is 0 Å². The summed E-state index contributed by atoms with van der Waals surface area (Å²) < 4.78 is 0. The molecular weight excluding hydrogens is 168 g/mol. The van der Waals surface area contributed by atoms with Crippen LogP contribution in [0.25, 0.3) is 0 Å². The van der Waals surface area contributed by atoms with Gasteiger partial charge in [-0.2, -0.15) is 0 Å². The van der Waals surface area contributed by atoms with Crippen LogP contribution in [-0.2, 0) is 6.42 Å². The van der Waals surface area contributed by atoms with Crippen LogP contribution in [0.2, 0.25) is 0 Å². The molecule has 0 heterocycles. The molecule has 0 aliphatic carbocycles. The van der Waals surface area contributed by atoms with Gasteiger partial charge in [-0.05, 0) is 24.5 Å². The number of rotatable bonds is 4. The molecule has 0 radical (unpaired) electrons. The highest BCUT2D eigenvalue weighted by Crippen LogP contribution is 2.08. The van der Waals surface area contributed by atoms with Gasteiger partial charge in [-0.1, -0.05) is 61.2 Å². The van der Waals surface area contributed by atoms with Crippen molar-refractivity contribution in [3.8, 4) is 0 Å². The molecule has 0 N–H and O–H groups in total. The summed E-state index contributed by atoms with van der Waals surface area (Å²) in [5, 5.41) is 0. The largest absolute Gasteiger partial charge is 0.0988 e. The first-order chi connectivity index (χ1) is 6.86. The first kappa shape index (κ1) is 10.5. The lowest BCUT2D eigenvalue weighted by atomic mass is 10.1. The fourth-order valence-electron chi connectivity index (χ4n) is 1.25. The molecule has 0 aromatic heterocycles. The van der Waals surface area contributed by atoms with Gasteiger partial charge in [0.1, 0.15) is 0 Å². The highest BCUT2D eigenvalue weighted by atomic mass is 14.0. The van der Waals surface area contributed by atoms with Gasteiger partial charge >= 0.3 is 0 Å². The Balaban J connectivity index is 2.71. The van der Waals surface area contributed by atoms with Crippen LogP contribution < -0.4 is 0 Å². The molecule has 0 saturated heterocycles. The van der Waals surface area contributed by atoms with Gasteiger partial charge in [-0.25, -0.2) is 0 Å². The van der Waals surface area contributed by atoms with Gasteiger partial charge in [0, 0.05) is 0 Å². The minimum Gasteiger partial charge on any atom is -0.0988 e. The number of allylic oxidation sites excluding steroid dienone is 5. The van der Waals surface area contributed by atoms with Crippen molar-refractivity contribution >= 4 is 0 Å². The molecule has 0 nitrogen and oxygen atoms in total. The van der Waals surface area contributed by atoms with Gasteiger partial charge in [0.05, 0.1) is 0 Å². The van der Waals surface area contributed by atoms with Crippen LogP contribution in [0, 0.1) is 0 Å². The lowest BCUT2D eigenvalue weighted by molar-refractivity contribution is 1.20. The second-order valence-electron chi connectivity index (χ2n) is 3.13. The van der Waals surface area contributed by atoms with E-state index in [0.29, 0.717) is 0 Å². The summed E-state index contributed by atoms with van der Waals surface area (Å²) in [6.45, 7) is 5.82. The molecule has 14 heavy (non-hydrogen) atoms. The Bertz CT molecular complexity index is 328. The highest BCUT2D eigenvalue weighted by molar-refractivity contribution is 5.29. The Hall–Kier alpha value is -1.56. The summed E-state index contributed by atoms with van der Waals surface area (Å²) >= 11 is 0. The van der Waals surface area contributed by atoms with Crippen molar-refractivity contribution in [2.45, 2.75) is 13.3 Å². The van der Waals surface area contributed by atoms with E-state index in [1.807, 2.05) is 31.2 Å². The molecule has 0 aliphatic rings. The van der Waals surface area contributed by atoms with E-state index in [4.69, 9.17) is 0 Å². The second-order valence-corrected chi connectivity index (χ2v) is 3.13. The quantitative estimate of drug-likeness (QED) is 0.622. The third kappa shape index (κ3) is 3.44. The van der Waals surface area contributed by atoms with Crippen LogP contribution in [0.15, 0.2) is 66.8 Å². The SMILES string of the molecule is C=C/C(=C\C=C/C)Cc1ccccc1. The van der Waals surface area contributed by atoms with Crippen molar-refractivity contribution in [1.82, 2.24) is 0 Å². The fourth-order valence-corrected chi connectivity index (χ4v) is 1.25. The monoisotopic (exact) mass is 184 g/mol. The van der Waals surface area contributed by atoms with Crippen LogP contribution in [0.3, 0.4) is 0 Å². The third-order valence-corrected chi connectivity index (χ3v) is 2.02. The van der Waals surface area contributed by atoms with Crippen molar-refractivity contribution in [2.24, 2.45) is 0 Å². The van der Waals surface area contributed by atoms with Gasteiger partial charge in [-0.3, -0.25) is 0 Å². The summed E-state index contributed by atoms with van der Waals surface area (Å²) in [6, 6.07) is 10.4. The molecule has 0 amide bonds. The van der Waals surface area contributed by atoms with Gasteiger partial charge in [0.2, 0.25) is 0 Å². The van der Waals surface area contributed by atoms with E-state index in [-0.39, 0.29) is 0 Å². The number of hydrogen-bond acceptors (Lipinski definition) is 0. The molecule has 1 aromatic carbocycles. The van der Waals surface area contributed by atoms with E-state index < -0.39 is 0 Å². The Labute approximate surface area is 86.3 Å². The van der Waals surface area contributed by atoms with E-state index in [1.165, 1.54) is 11.1 Å². The average Bonchev–Trinajstić information content (AvgIpc) is 2.25. The van der Waals surface area contributed by atoms with E-state index in [9.17, 15) is 0 Å². The number of hydrogen-bond donors (Lipinski definition) is 0. The van der Waals surface area contributed by atoms with Crippen LogP contribution in [0.5, 0.6) is 0 Å². The van der Waals surface area contributed by atoms with Gasteiger partial charge in [-0.15, -0.1) is 0 Å². The zero-order chi connectivity index (χ0) is 10.2. The van der Waals surface area contributed by atoms with Crippen LogP contribution >= 0.6 is 0 Å². The number of benzene rings is 1. The first-order valence-electron chi connectivity index (χ1n) is 4.85. The maximum atomic E-state index is 3.81. The molecule has 0 unspecified atom stereocenters. The molecule has 0 bridgehead atoms. The Morgan fingerprint density at radius 3 is 2.57 bits per heavy atom. The van der Waals surface area contributed by atoms with Crippen LogP contribution in [0.1, 0.15) is 12.5 Å². The molecule has 1 rings (SSSR count). The smallest absolute Gasteiger partial charge is 0.00260 e. The van der Waals surface area contributed by atoms with Crippen LogP contribution in [0.4, 0.5) is 0 Å². The van der Waals surface area contributed by atoms with E-state index in [2.05, 4.69) is 36.9 Å². The minimum atomic E-state index is 0.953. The second kappa shape index (κ2) is 5.98. The standard InChI is InChI=1S/C14H16/c1-3-5-9-13(4-2)12-14-10-7-6-8-11-14/h3-11H,2,12H2,1H3/b5-3-,13-9+. The third-order valence-electron chi connectivity index (χ3n) is 2.02. The summed E-state index contributed by atoms with van der Waals surface area (Å²) in [5.74, 6) is 0. The van der Waals surface area contributed by atoms with Gasteiger partial charge < -0.3 is 0 Å². The van der Waals surface area contributed by atoms with Crippen LogP contribution in [-0.4, -0.2) is 0 Å². The van der Waals surface area contributed by atoms with Crippen molar-refractivity contribution in [3.63, 3.8) is 0 Å². The normalized spacial score (nSPS) is 11.9. The van der Waals surface area contributed by atoms with Crippen molar-refractivity contribution in [2.75, 3.05) is 0 Å². The minimum absolute atomic E-state index is 0.953. The summed E-state index contributed by atoms with van der Waals surface area (Å²) in [4.78, 5) is 0. The molecular formula is C14H16. The van der Waals surface area contributed by atoms with Crippen molar-refractivity contribution in [3.05, 3.63) is 72.4 Å². The zero-order valence-electron chi connectivity index (χ0n) is 8.61. The maximum absolute atomic E-state index is 3.81. The van der Waals surface area contributed by atoms with Gasteiger partial charge in [0.25, 0.3) is 0 Å². The van der Waals surface area contributed by atoms with Gasteiger partial charge in [0.15, 0.2) is 0 Å². The lowest BCUT2D eigenvalue weighted by Gasteiger charge is -2.00. The summed E-state index contributed by atoms with van der Waals surface area (Å²) in [7, 11) is 0. The highest BCUT2D eigenvalue weighted by Gasteiger charge is 1.93. The first-order valence-corrected chi connectivity index (χ1v) is 4.85. The van der Waals surface area contributed by atoms with Crippen molar-refractivity contribution < 1.29 is 0 Å². The molecule has 1 aromatic rings. The Kier molecular flexibility index (Phi) is 4.49. The molecule has 0 spiro atoms. The predicted octanol–water partition coefficient (Wildman–Crippen LogP) is 3.92. The molecule has 72 valence electrons. The Morgan fingerprint density at radius 2 is 2.00 bits per heavy atom. The predicted molar refractivity (Wildman–Crippen MR) is 63.2 cm³/mol. The fraction of sp³-hybridized carbons (Fsp3) is 0.143. The molecule has 0 saturated carbocycles. The Morgan fingerprint density at radius 1 is 1.29 bits per heavy atom. The van der Waals surface area contributed by atoms with E-state index >= 15 is 0 Å². The zero-order valence-corrected chi connectivity index (χ0v) is 8.61. The lowest BCUT2D eigenvalue weighted by Crippen LogP contribution is -1.86. The maximum Gasteiger partial charge on any atom is -0.00260 e. The molecule has 0 fully saturated rings. The average molecular weight is 184 g/mol. The topological polar surface area (TPSA) is 0 Å². The molecule has 0 atom stereocenters. The summed E-state index contributed by atoms with van der Waals surface area (Å²) in [5.41, 5.74) is 2.57.